The van der Waals surface area contributed by atoms with Crippen LogP contribution in [0.3, 0.4) is 0 Å². The molecule has 0 saturated carbocycles. The lowest BCUT2D eigenvalue weighted by molar-refractivity contribution is 0.421. The number of thiophene rings is 1. The third-order valence-electron chi connectivity index (χ3n) is 2.34. The molecule has 0 atom stereocenters. The zero-order valence-electron chi connectivity index (χ0n) is 8.20. The van der Waals surface area contributed by atoms with Gasteiger partial charge in [-0.15, -0.1) is 11.3 Å². The number of hydrogen-bond donors (Lipinski definition) is 1. The molecule has 0 aliphatic heterocycles. The van der Waals surface area contributed by atoms with Gasteiger partial charge in [0, 0.05) is 15.5 Å². The molecule has 0 saturated heterocycles. The van der Waals surface area contributed by atoms with Crippen LogP contribution in [-0.2, 0) is 6.42 Å². The molecule has 0 aliphatic rings. The number of fused-ring (bicyclic) bond motifs is 1. The van der Waals surface area contributed by atoms with E-state index >= 15 is 0 Å². The van der Waals surface area contributed by atoms with E-state index in [9.17, 15) is 5.11 Å². The topological polar surface area (TPSA) is 29.5 Å². The Balaban J connectivity index is 2.70. The van der Waals surface area contributed by atoms with E-state index in [2.05, 4.69) is 0 Å². The Hall–Kier alpha value is -1.22. The van der Waals surface area contributed by atoms with Crippen molar-refractivity contribution in [3.05, 3.63) is 23.1 Å². The Labute approximate surface area is 86.8 Å². The molecule has 1 N–H and O–H groups in total. The summed E-state index contributed by atoms with van der Waals surface area (Å²) in [6, 6.07) is 3.81. The van der Waals surface area contributed by atoms with Crippen LogP contribution < -0.4 is 4.74 Å². The maximum Gasteiger partial charge on any atom is 0.137 e. The normalized spacial score (nSPS) is 10.7. The molecule has 0 aliphatic carbocycles. The Morgan fingerprint density at radius 2 is 2.21 bits per heavy atom. The van der Waals surface area contributed by atoms with E-state index in [-0.39, 0.29) is 0 Å². The second-order valence-electron chi connectivity index (χ2n) is 3.13. The maximum absolute atomic E-state index is 9.66. The van der Waals surface area contributed by atoms with E-state index in [4.69, 9.17) is 4.74 Å². The van der Waals surface area contributed by atoms with Gasteiger partial charge in [-0.05, 0) is 24.1 Å². The third-order valence-corrected chi connectivity index (χ3v) is 3.26. The number of ether oxygens (including phenoxy) is 1. The molecule has 0 fully saturated rings. The van der Waals surface area contributed by atoms with E-state index < -0.39 is 0 Å². The van der Waals surface area contributed by atoms with Crippen molar-refractivity contribution in [1.29, 1.82) is 0 Å². The molecule has 2 aromatic rings. The van der Waals surface area contributed by atoms with E-state index in [0.717, 1.165) is 27.8 Å². The first-order valence-electron chi connectivity index (χ1n) is 4.53. The zero-order valence-corrected chi connectivity index (χ0v) is 9.02. The summed E-state index contributed by atoms with van der Waals surface area (Å²) in [5.74, 6) is 1.27. The molecule has 1 aromatic carbocycles. The van der Waals surface area contributed by atoms with Gasteiger partial charge in [-0.1, -0.05) is 6.92 Å². The van der Waals surface area contributed by atoms with Crippen LogP contribution in [0.2, 0.25) is 0 Å². The van der Waals surface area contributed by atoms with Crippen LogP contribution in [0.1, 0.15) is 12.5 Å². The largest absolute Gasteiger partial charge is 0.508 e. The van der Waals surface area contributed by atoms with Crippen molar-refractivity contribution < 1.29 is 9.84 Å². The highest BCUT2D eigenvalue weighted by molar-refractivity contribution is 7.17. The number of aryl methyl sites for hydroxylation is 1. The SMILES string of the molecule is CCc1cc2c(OC)csc2cc1O. The van der Waals surface area contributed by atoms with Gasteiger partial charge in [-0.25, -0.2) is 0 Å². The fraction of sp³-hybridized carbons (Fsp3) is 0.273. The highest BCUT2D eigenvalue weighted by Gasteiger charge is 2.08. The average molecular weight is 208 g/mol. The Morgan fingerprint density at radius 1 is 1.43 bits per heavy atom. The van der Waals surface area contributed by atoms with Gasteiger partial charge < -0.3 is 9.84 Å². The summed E-state index contributed by atoms with van der Waals surface area (Å²) in [5, 5.41) is 12.7. The van der Waals surface area contributed by atoms with Crippen LogP contribution in [0, 0.1) is 0 Å². The summed E-state index contributed by atoms with van der Waals surface area (Å²) in [6.07, 6.45) is 0.834. The second-order valence-corrected chi connectivity index (χ2v) is 4.05. The first-order chi connectivity index (χ1) is 6.76. The molecule has 1 heterocycles. The summed E-state index contributed by atoms with van der Waals surface area (Å²) in [6.45, 7) is 2.03. The van der Waals surface area contributed by atoms with Crippen LogP contribution in [0.4, 0.5) is 0 Å². The number of benzene rings is 1. The van der Waals surface area contributed by atoms with E-state index in [1.807, 2.05) is 18.4 Å². The highest BCUT2D eigenvalue weighted by Crippen LogP contribution is 2.36. The van der Waals surface area contributed by atoms with Crippen LogP contribution in [-0.4, -0.2) is 12.2 Å². The fourth-order valence-electron chi connectivity index (χ4n) is 1.53. The molecule has 74 valence electrons. The molecule has 0 unspecified atom stereocenters. The van der Waals surface area contributed by atoms with E-state index in [0.29, 0.717) is 5.75 Å². The fourth-order valence-corrected chi connectivity index (χ4v) is 2.45. The number of methoxy groups -OCH3 is 1. The first-order valence-corrected chi connectivity index (χ1v) is 5.41. The van der Waals surface area contributed by atoms with Gasteiger partial charge in [0.1, 0.15) is 11.5 Å². The van der Waals surface area contributed by atoms with Gasteiger partial charge in [0.05, 0.1) is 7.11 Å². The Kier molecular flexibility index (Phi) is 2.33. The van der Waals surface area contributed by atoms with E-state index in [1.54, 1.807) is 24.5 Å². The number of rotatable bonds is 2. The molecule has 2 nitrogen and oxygen atoms in total. The summed E-state index contributed by atoms with van der Waals surface area (Å²) < 4.78 is 6.30. The summed E-state index contributed by atoms with van der Waals surface area (Å²) in [7, 11) is 1.67. The lowest BCUT2D eigenvalue weighted by Gasteiger charge is -2.02. The predicted octanol–water partition coefficient (Wildman–Crippen LogP) is 3.18. The molecule has 0 radical (unpaired) electrons. The number of phenolic OH excluding ortho intramolecular Hbond substituents is 1. The van der Waals surface area contributed by atoms with Crippen molar-refractivity contribution >= 4 is 21.4 Å². The van der Waals surface area contributed by atoms with Crippen molar-refractivity contribution in [2.75, 3.05) is 7.11 Å². The third kappa shape index (κ3) is 1.34. The second kappa shape index (κ2) is 3.50. The van der Waals surface area contributed by atoms with Gasteiger partial charge in [0.15, 0.2) is 0 Å². The van der Waals surface area contributed by atoms with Gasteiger partial charge in [-0.2, -0.15) is 0 Å². The van der Waals surface area contributed by atoms with Crippen LogP contribution in [0.15, 0.2) is 17.5 Å². The smallest absolute Gasteiger partial charge is 0.137 e. The van der Waals surface area contributed by atoms with Crippen LogP contribution >= 0.6 is 11.3 Å². The molecule has 0 spiro atoms. The number of phenols is 1. The lowest BCUT2D eigenvalue weighted by atomic mass is 10.1. The maximum atomic E-state index is 9.66. The molecule has 14 heavy (non-hydrogen) atoms. The standard InChI is InChI=1S/C11H12O2S/c1-3-7-4-8-10(13-2)6-14-11(8)5-9(7)12/h4-6,12H,3H2,1-2H3. The minimum Gasteiger partial charge on any atom is -0.508 e. The minimum atomic E-state index is 0.379. The molecule has 0 amide bonds. The van der Waals surface area contributed by atoms with Gasteiger partial charge in [0.2, 0.25) is 0 Å². The van der Waals surface area contributed by atoms with Crippen LogP contribution in [0.25, 0.3) is 10.1 Å². The van der Waals surface area contributed by atoms with Crippen molar-refractivity contribution in [3.63, 3.8) is 0 Å². The predicted molar refractivity (Wildman–Crippen MR) is 59.4 cm³/mol. The quantitative estimate of drug-likeness (QED) is 0.821. The van der Waals surface area contributed by atoms with Crippen LogP contribution in [0.5, 0.6) is 11.5 Å². The molecule has 1 aromatic heterocycles. The Bertz CT molecular complexity index is 460. The summed E-state index contributed by atoms with van der Waals surface area (Å²) in [5.41, 5.74) is 0.967. The van der Waals surface area contributed by atoms with E-state index in [1.165, 1.54) is 0 Å². The summed E-state index contributed by atoms with van der Waals surface area (Å²) in [4.78, 5) is 0. The van der Waals surface area contributed by atoms with Gasteiger partial charge in [0.25, 0.3) is 0 Å². The first kappa shape index (κ1) is 9.34. The number of hydrogen-bond acceptors (Lipinski definition) is 3. The molecule has 2 rings (SSSR count). The monoisotopic (exact) mass is 208 g/mol. The highest BCUT2D eigenvalue weighted by atomic mass is 32.1. The van der Waals surface area contributed by atoms with Crippen molar-refractivity contribution in [2.24, 2.45) is 0 Å². The van der Waals surface area contributed by atoms with Crippen molar-refractivity contribution in [1.82, 2.24) is 0 Å². The van der Waals surface area contributed by atoms with Gasteiger partial charge >= 0.3 is 0 Å². The minimum absolute atomic E-state index is 0.379. The number of aromatic hydroxyl groups is 1. The lowest BCUT2D eigenvalue weighted by Crippen LogP contribution is -1.83. The molecular formula is C11H12O2S. The van der Waals surface area contributed by atoms with Gasteiger partial charge in [-0.3, -0.25) is 0 Å². The molecular weight excluding hydrogens is 196 g/mol. The average Bonchev–Trinajstić information content (AvgIpc) is 2.58. The molecule has 0 bridgehead atoms. The Morgan fingerprint density at radius 3 is 2.86 bits per heavy atom. The zero-order chi connectivity index (χ0) is 10.1. The summed E-state index contributed by atoms with van der Waals surface area (Å²) >= 11 is 1.59. The molecule has 3 heteroatoms. The van der Waals surface area contributed by atoms with Crippen molar-refractivity contribution in [3.8, 4) is 11.5 Å². The van der Waals surface area contributed by atoms with Crippen molar-refractivity contribution in [2.45, 2.75) is 13.3 Å².